The molecule has 2 atom stereocenters. The summed E-state index contributed by atoms with van der Waals surface area (Å²) in [6.07, 6.45) is 4.52. The lowest BCUT2D eigenvalue weighted by Gasteiger charge is -2.28. The summed E-state index contributed by atoms with van der Waals surface area (Å²) in [6, 6.07) is 0. The quantitative estimate of drug-likeness (QED) is 0.433. The Kier molecular flexibility index (Phi) is 0.375. The van der Waals surface area contributed by atoms with Gasteiger partial charge < -0.3 is 0 Å². The van der Waals surface area contributed by atoms with Crippen LogP contribution in [0.1, 0.15) is 33.1 Å². The average molecular weight is 96.2 g/mol. The summed E-state index contributed by atoms with van der Waals surface area (Å²) < 4.78 is 0. The molecule has 2 saturated carbocycles. The molecule has 0 aromatic carbocycles. The third-order valence-electron chi connectivity index (χ3n) is 3.34. The largest absolute Gasteiger partial charge is 0.0591 e. The van der Waals surface area contributed by atoms with E-state index in [0.717, 1.165) is 10.8 Å². The van der Waals surface area contributed by atoms with Gasteiger partial charge in [-0.15, -0.1) is 0 Å². The van der Waals surface area contributed by atoms with Crippen LogP contribution in [-0.4, -0.2) is 0 Å². The predicted octanol–water partition coefficient (Wildman–Crippen LogP) is 2.20. The van der Waals surface area contributed by atoms with Crippen LogP contribution in [0.2, 0.25) is 0 Å². The molecule has 0 spiro atoms. The van der Waals surface area contributed by atoms with Crippen LogP contribution < -0.4 is 0 Å². The van der Waals surface area contributed by atoms with E-state index in [1.165, 1.54) is 19.3 Å². The number of hydrogen-bond acceptors (Lipinski definition) is 0. The summed E-state index contributed by atoms with van der Waals surface area (Å²) >= 11 is 0. The van der Waals surface area contributed by atoms with E-state index in [0.29, 0.717) is 0 Å². The van der Waals surface area contributed by atoms with Gasteiger partial charge in [-0.3, -0.25) is 0 Å². The molecule has 0 aromatic rings. The Morgan fingerprint density at radius 3 is 1.43 bits per heavy atom. The number of rotatable bonds is 0. The van der Waals surface area contributed by atoms with E-state index < -0.39 is 0 Å². The smallest absolute Gasteiger partial charge is 0.0266 e. The molecule has 0 unspecified atom stereocenters. The van der Waals surface area contributed by atoms with Crippen LogP contribution in [0.5, 0.6) is 0 Å². The minimum Gasteiger partial charge on any atom is -0.0591 e. The van der Waals surface area contributed by atoms with E-state index in [4.69, 9.17) is 0 Å². The molecule has 0 heterocycles. The van der Waals surface area contributed by atoms with Crippen molar-refractivity contribution in [1.82, 2.24) is 0 Å². The highest BCUT2D eigenvalue weighted by atomic mass is 14.7. The van der Waals surface area contributed by atoms with Gasteiger partial charge in [0.25, 0.3) is 0 Å². The third kappa shape index (κ3) is 0.240. The molecule has 0 aliphatic heterocycles. The lowest BCUT2D eigenvalue weighted by Crippen LogP contribution is -2.18. The first-order valence-electron chi connectivity index (χ1n) is 3.16. The number of hydrogen-bond donors (Lipinski definition) is 0. The standard InChI is InChI=1S/C7H12/c1-6-3-4-7(6,2)5-6/h3-5H2,1-2H3/t6-,7-/m1/s1. The van der Waals surface area contributed by atoms with Crippen molar-refractivity contribution in [3.8, 4) is 0 Å². The van der Waals surface area contributed by atoms with E-state index in [1.54, 1.807) is 0 Å². The fraction of sp³-hybridized carbons (Fsp3) is 1.00. The second kappa shape index (κ2) is 0.667. The summed E-state index contributed by atoms with van der Waals surface area (Å²) in [5.41, 5.74) is 1.65. The molecule has 40 valence electrons. The van der Waals surface area contributed by atoms with Crippen LogP contribution in [-0.2, 0) is 0 Å². The number of fused-ring (bicyclic) bond motifs is 1. The first-order valence-corrected chi connectivity index (χ1v) is 3.16. The van der Waals surface area contributed by atoms with Crippen molar-refractivity contribution in [3.05, 3.63) is 0 Å². The second-order valence-electron chi connectivity index (χ2n) is 3.80. The van der Waals surface area contributed by atoms with Crippen LogP contribution in [0.15, 0.2) is 0 Å². The Bertz CT molecular complexity index is 103. The molecule has 0 amide bonds. The van der Waals surface area contributed by atoms with E-state index >= 15 is 0 Å². The lowest BCUT2D eigenvalue weighted by atomic mass is 9.77. The van der Waals surface area contributed by atoms with E-state index in [9.17, 15) is 0 Å². The van der Waals surface area contributed by atoms with E-state index in [-0.39, 0.29) is 0 Å². The van der Waals surface area contributed by atoms with Crippen LogP contribution >= 0.6 is 0 Å². The summed E-state index contributed by atoms with van der Waals surface area (Å²) in [6.45, 7) is 4.83. The minimum atomic E-state index is 0.826. The summed E-state index contributed by atoms with van der Waals surface area (Å²) in [4.78, 5) is 0. The zero-order chi connectivity index (χ0) is 5.12. The molecule has 0 radical (unpaired) electrons. The molecule has 0 N–H and O–H groups in total. The highest BCUT2D eigenvalue weighted by Gasteiger charge is 2.67. The summed E-state index contributed by atoms with van der Waals surface area (Å²) in [7, 11) is 0. The zero-order valence-electron chi connectivity index (χ0n) is 5.12. The van der Waals surface area contributed by atoms with Crippen molar-refractivity contribution >= 4 is 0 Å². The first-order chi connectivity index (χ1) is 3.16. The SMILES string of the molecule is C[C@]12CC[C@]1(C)C2. The van der Waals surface area contributed by atoms with Gasteiger partial charge in [-0.05, 0) is 30.1 Å². The van der Waals surface area contributed by atoms with Gasteiger partial charge >= 0.3 is 0 Å². The predicted molar refractivity (Wildman–Crippen MR) is 30.1 cm³/mol. The minimum absolute atomic E-state index is 0.826. The molecule has 2 rings (SSSR count). The van der Waals surface area contributed by atoms with Gasteiger partial charge in [0, 0.05) is 0 Å². The van der Waals surface area contributed by atoms with Crippen molar-refractivity contribution in [2.24, 2.45) is 10.8 Å². The third-order valence-corrected chi connectivity index (χ3v) is 3.34. The van der Waals surface area contributed by atoms with Gasteiger partial charge in [0.05, 0.1) is 0 Å². The maximum absolute atomic E-state index is 2.41. The maximum Gasteiger partial charge on any atom is -0.0266 e. The van der Waals surface area contributed by atoms with Crippen molar-refractivity contribution in [2.75, 3.05) is 0 Å². The van der Waals surface area contributed by atoms with Crippen molar-refractivity contribution < 1.29 is 0 Å². The van der Waals surface area contributed by atoms with E-state index in [1.807, 2.05) is 0 Å². The fourth-order valence-electron chi connectivity index (χ4n) is 1.97. The van der Waals surface area contributed by atoms with Crippen molar-refractivity contribution in [1.29, 1.82) is 0 Å². The Balaban J connectivity index is 2.26. The van der Waals surface area contributed by atoms with Gasteiger partial charge in [0.2, 0.25) is 0 Å². The first kappa shape index (κ1) is 3.94. The van der Waals surface area contributed by atoms with Gasteiger partial charge in [-0.2, -0.15) is 0 Å². The molecule has 2 aliphatic carbocycles. The van der Waals surface area contributed by atoms with E-state index in [2.05, 4.69) is 13.8 Å². The molecular weight excluding hydrogens is 84.1 g/mol. The van der Waals surface area contributed by atoms with Gasteiger partial charge in [-0.1, -0.05) is 13.8 Å². The Morgan fingerprint density at radius 2 is 1.43 bits per heavy atom. The normalized spacial score (nSPS) is 66.0. The molecule has 2 aliphatic rings. The van der Waals surface area contributed by atoms with Gasteiger partial charge in [0.1, 0.15) is 0 Å². The lowest BCUT2D eigenvalue weighted by molar-refractivity contribution is 0.219. The van der Waals surface area contributed by atoms with Crippen LogP contribution in [0.3, 0.4) is 0 Å². The molecule has 0 nitrogen and oxygen atoms in total. The molecule has 0 aromatic heterocycles. The molecule has 0 heteroatoms. The van der Waals surface area contributed by atoms with Gasteiger partial charge in [0.15, 0.2) is 0 Å². The second-order valence-corrected chi connectivity index (χ2v) is 3.80. The Labute approximate surface area is 44.9 Å². The Morgan fingerprint density at radius 1 is 1.00 bits per heavy atom. The van der Waals surface area contributed by atoms with Crippen LogP contribution in [0.4, 0.5) is 0 Å². The monoisotopic (exact) mass is 96.1 g/mol. The molecule has 0 bridgehead atoms. The zero-order valence-corrected chi connectivity index (χ0v) is 5.12. The molecule has 0 saturated heterocycles. The maximum atomic E-state index is 2.41. The highest BCUT2D eigenvalue weighted by Crippen LogP contribution is 2.77. The van der Waals surface area contributed by atoms with Crippen molar-refractivity contribution in [3.63, 3.8) is 0 Å². The highest BCUT2D eigenvalue weighted by molar-refractivity contribution is 5.17. The van der Waals surface area contributed by atoms with Crippen LogP contribution in [0, 0.1) is 10.8 Å². The molecule has 7 heavy (non-hydrogen) atoms. The van der Waals surface area contributed by atoms with Crippen molar-refractivity contribution in [2.45, 2.75) is 33.1 Å². The van der Waals surface area contributed by atoms with Gasteiger partial charge in [-0.25, -0.2) is 0 Å². The average Bonchev–Trinajstić information content (AvgIpc) is 1.89. The fourth-order valence-corrected chi connectivity index (χ4v) is 1.97. The Hall–Kier alpha value is 0. The summed E-state index contributed by atoms with van der Waals surface area (Å²) in [5.74, 6) is 0. The van der Waals surface area contributed by atoms with Crippen LogP contribution in [0.25, 0.3) is 0 Å². The summed E-state index contributed by atoms with van der Waals surface area (Å²) in [5, 5.41) is 0. The molecular formula is C7H12. The topological polar surface area (TPSA) is 0 Å². The molecule has 2 fully saturated rings.